The first-order chi connectivity index (χ1) is 13.6. The summed E-state index contributed by atoms with van der Waals surface area (Å²) in [4.78, 5) is 4.16. The van der Waals surface area contributed by atoms with Gasteiger partial charge in [0.05, 0.1) is 20.3 Å². The monoisotopic (exact) mass is 399 g/mol. The second-order valence-electron chi connectivity index (χ2n) is 6.45. The number of hydrogen-bond donors (Lipinski definition) is 0. The normalized spacial score (nSPS) is 17.1. The van der Waals surface area contributed by atoms with Gasteiger partial charge in [-0.05, 0) is 42.0 Å². The van der Waals surface area contributed by atoms with Crippen molar-refractivity contribution >= 4 is 10.0 Å². The summed E-state index contributed by atoms with van der Waals surface area (Å²) in [6.07, 6.45) is 4.91. The maximum absolute atomic E-state index is 13.4. The molecule has 0 spiro atoms. The van der Waals surface area contributed by atoms with E-state index in [1.807, 2.05) is 30.5 Å². The number of rotatable bonds is 5. The Hall–Kier alpha value is -2.84. The molecule has 4 rings (SSSR count). The molecule has 0 amide bonds. The third-order valence-electron chi connectivity index (χ3n) is 4.96. The molecule has 2 aromatic heterocycles. The summed E-state index contributed by atoms with van der Waals surface area (Å²) >= 11 is 0. The highest BCUT2D eigenvalue weighted by molar-refractivity contribution is 7.89. The van der Waals surface area contributed by atoms with Crippen LogP contribution in [0.3, 0.4) is 0 Å². The van der Waals surface area contributed by atoms with Crippen molar-refractivity contribution in [1.29, 1.82) is 0 Å². The van der Waals surface area contributed by atoms with Gasteiger partial charge < -0.3 is 14.0 Å². The summed E-state index contributed by atoms with van der Waals surface area (Å²) in [5.74, 6) is 1.15. The summed E-state index contributed by atoms with van der Waals surface area (Å²) in [5.41, 5.74) is 1.72. The maximum atomic E-state index is 13.4. The first-order valence-corrected chi connectivity index (χ1v) is 10.3. The molecule has 0 fully saturated rings. The van der Waals surface area contributed by atoms with E-state index in [0.717, 1.165) is 11.3 Å². The Bertz CT molecular complexity index is 1080. The number of methoxy groups -OCH3 is 2. The predicted molar refractivity (Wildman–Crippen MR) is 104 cm³/mol. The highest BCUT2D eigenvalue weighted by Gasteiger charge is 2.38. The van der Waals surface area contributed by atoms with Gasteiger partial charge in [0, 0.05) is 37.4 Å². The van der Waals surface area contributed by atoms with Gasteiger partial charge >= 0.3 is 0 Å². The van der Waals surface area contributed by atoms with Crippen LogP contribution in [-0.2, 0) is 16.6 Å². The molecule has 0 radical (unpaired) electrons. The first-order valence-electron chi connectivity index (χ1n) is 8.85. The number of fused-ring (bicyclic) bond motifs is 1. The molecule has 7 nitrogen and oxygen atoms in total. The molecular weight excluding hydrogens is 378 g/mol. The molecular formula is C20H21N3O4S. The lowest BCUT2D eigenvalue weighted by atomic mass is 10.0. The van der Waals surface area contributed by atoms with Crippen molar-refractivity contribution in [3.05, 3.63) is 72.3 Å². The zero-order chi connectivity index (χ0) is 19.7. The summed E-state index contributed by atoms with van der Waals surface area (Å²) in [6.45, 7) is 0.948. The van der Waals surface area contributed by atoms with E-state index in [1.165, 1.54) is 10.5 Å². The van der Waals surface area contributed by atoms with E-state index < -0.39 is 16.1 Å². The van der Waals surface area contributed by atoms with Crippen LogP contribution in [0, 0.1) is 0 Å². The van der Waals surface area contributed by atoms with Crippen LogP contribution < -0.4 is 9.47 Å². The topological polar surface area (TPSA) is 73.7 Å². The summed E-state index contributed by atoms with van der Waals surface area (Å²) < 4.78 is 41.2. The molecule has 0 saturated carbocycles. The molecule has 0 N–H and O–H groups in total. The molecule has 28 heavy (non-hydrogen) atoms. The minimum atomic E-state index is -3.73. The molecule has 1 aliphatic rings. The van der Waals surface area contributed by atoms with Gasteiger partial charge in [-0.3, -0.25) is 4.98 Å². The summed E-state index contributed by atoms with van der Waals surface area (Å²) in [6, 6.07) is 12.1. The van der Waals surface area contributed by atoms with Crippen LogP contribution >= 0.6 is 0 Å². The average molecular weight is 399 g/mol. The van der Waals surface area contributed by atoms with Gasteiger partial charge in [0.1, 0.15) is 4.90 Å². The maximum Gasteiger partial charge on any atom is 0.245 e. The van der Waals surface area contributed by atoms with Gasteiger partial charge in [-0.2, -0.15) is 4.31 Å². The molecule has 3 aromatic rings. The largest absolute Gasteiger partial charge is 0.493 e. The number of ether oxygens (including phenoxy) is 2. The minimum Gasteiger partial charge on any atom is -0.493 e. The molecule has 0 bridgehead atoms. The van der Waals surface area contributed by atoms with Gasteiger partial charge in [-0.25, -0.2) is 8.42 Å². The van der Waals surface area contributed by atoms with Crippen LogP contribution in [-0.4, -0.2) is 43.0 Å². The van der Waals surface area contributed by atoms with Crippen molar-refractivity contribution in [2.24, 2.45) is 0 Å². The Labute approximate surface area is 164 Å². The third-order valence-corrected chi connectivity index (χ3v) is 6.81. The Morgan fingerprint density at radius 3 is 2.57 bits per heavy atom. The van der Waals surface area contributed by atoms with E-state index in [0.29, 0.717) is 24.6 Å². The third kappa shape index (κ3) is 3.04. The van der Waals surface area contributed by atoms with Crippen LogP contribution in [0.4, 0.5) is 0 Å². The first kappa shape index (κ1) is 18.5. The van der Waals surface area contributed by atoms with Gasteiger partial charge in [0.2, 0.25) is 10.0 Å². The number of nitrogens with zero attached hydrogens (tertiary/aromatic N) is 3. The molecule has 146 valence electrons. The fourth-order valence-corrected chi connectivity index (χ4v) is 5.16. The molecule has 1 aromatic carbocycles. The lowest BCUT2D eigenvalue weighted by molar-refractivity contribution is 0.296. The minimum absolute atomic E-state index is 0.181. The Kier molecular flexibility index (Phi) is 4.82. The van der Waals surface area contributed by atoms with Crippen molar-refractivity contribution in [2.45, 2.75) is 17.5 Å². The highest BCUT2D eigenvalue weighted by atomic mass is 32.2. The fraction of sp³-hybridized carbons (Fsp3) is 0.250. The molecule has 0 aliphatic carbocycles. The van der Waals surface area contributed by atoms with Gasteiger partial charge in [-0.15, -0.1) is 0 Å². The van der Waals surface area contributed by atoms with Gasteiger partial charge in [0.15, 0.2) is 11.5 Å². The fourth-order valence-electron chi connectivity index (χ4n) is 3.62. The molecule has 0 saturated heterocycles. The molecule has 1 aliphatic heterocycles. The standard InChI is InChI=1S/C20H21N3O4S/c1-26-18-8-7-15(13-19(18)27-2)20-17-6-4-10-22(17)11-12-23(20)28(24,25)16-5-3-9-21-14-16/h3-10,13-14,20H,11-12H2,1-2H3. The van der Waals surface area contributed by atoms with E-state index >= 15 is 0 Å². The van der Waals surface area contributed by atoms with Crippen molar-refractivity contribution in [1.82, 2.24) is 13.9 Å². The predicted octanol–water partition coefficient (Wildman–Crippen LogP) is 2.69. The van der Waals surface area contributed by atoms with Crippen LogP contribution in [0.5, 0.6) is 11.5 Å². The lowest BCUT2D eigenvalue weighted by Crippen LogP contribution is -2.42. The van der Waals surface area contributed by atoms with Crippen LogP contribution in [0.2, 0.25) is 0 Å². The Morgan fingerprint density at radius 1 is 1.04 bits per heavy atom. The average Bonchev–Trinajstić information content (AvgIpc) is 3.22. The highest BCUT2D eigenvalue weighted by Crippen LogP contribution is 2.39. The van der Waals surface area contributed by atoms with E-state index in [-0.39, 0.29) is 4.90 Å². The molecule has 8 heteroatoms. The zero-order valence-electron chi connectivity index (χ0n) is 15.6. The van der Waals surface area contributed by atoms with Crippen LogP contribution in [0.25, 0.3) is 0 Å². The number of sulfonamides is 1. The quantitative estimate of drug-likeness (QED) is 0.660. The van der Waals surface area contributed by atoms with Crippen LogP contribution in [0.1, 0.15) is 17.3 Å². The smallest absolute Gasteiger partial charge is 0.245 e. The van der Waals surface area contributed by atoms with Crippen molar-refractivity contribution in [3.8, 4) is 11.5 Å². The van der Waals surface area contributed by atoms with E-state index in [9.17, 15) is 8.42 Å². The number of pyridine rings is 1. The van der Waals surface area contributed by atoms with Gasteiger partial charge in [0.25, 0.3) is 0 Å². The molecule has 1 unspecified atom stereocenters. The van der Waals surface area contributed by atoms with Crippen molar-refractivity contribution < 1.29 is 17.9 Å². The van der Waals surface area contributed by atoms with E-state index in [2.05, 4.69) is 9.55 Å². The zero-order valence-corrected chi connectivity index (χ0v) is 16.5. The number of benzene rings is 1. The molecule has 1 atom stereocenters. The Morgan fingerprint density at radius 2 is 1.86 bits per heavy atom. The van der Waals surface area contributed by atoms with Crippen LogP contribution in [0.15, 0.2) is 66.0 Å². The van der Waals surface area contributed by atoms with E-state index in [4.69, 9.17) is 9.47 Å². The second kappa shape index (κ2) is 7.29. The summed E-state index contributed by atoms with van der Waals surface area (Å²) in [5, 5.41) is 0. The van der Waals surface area contributed by atoms with Crippen molar-refractivity contribution in [2.75, 3.05) is 20.8 Å². The number of hydrogen-bond acceptors (Lipinski definition) is 5. The Balaban J connectivity index is 1.86. The molecule has 3 heterocycles. The van der Waals surface area contributed by atoms with Crippen molar-refractivity contribution in [3.63, 3.8) is 0 Å². The summed E-state index contributed by atoms with van der Waals surface area (Å²) in [7, 11) is -0.593. The van der Waals surface area contributed by atoms with Gasteiger partial charge in [-0.1, -0.05) is 6.07 Å². The SMILES string of the molecule is COc1ccc(C2c3cccn3CCN2S(=O)(=O)c2cccnc2)cc1OC. The lowest BCUT2D eigenvalue weighted by Gasteiger charge is -2.36. The number of aromatic nitrogens is 2. The van der Waals surface area contributed by atoms with E-state index in [1.54, 1.807) is 38.6 Å². The second-order valence-corrected chi connectivity index (χ2v) is 8.34.